The molecule has 0 rings (SSSR count). The van der Waals surface area contributed by atoms with Crippen LogP contribution in [0.5, 0.6) is 0 Å². The van der Waals surface area contributed by atoms with Gasteiger partial charge in [-0.15, -0.1) is 0 Å². The third kappa shape index (κ3) is 6.76. The van der Waals surface area contributed by atoms with Crippen LogP contribution in [0.25, 0.3) is 0 Å². The molecule has 0 aromatic heterocycles. The quantitative estimate of drug-likeness (QED) is 0.641. The van der Waals surface area contributed by atoms with Crippen molar-refractivity contribution in [3.05, 3.63) is 12.2 Å². The topological polar surface area (TPSA) is 66.4 Å². The van der Waals surface area contributed by atoms with E-state index in [9.17, 15) is 9.59 Å². The highest BCUT2D eigenvalue weighted by Crippen LogP contribution is 2.12. The van der Waals surface area contributed by atoms with E-state index in [0.29, 0.717) is 18.8 Å². The number of allylic oxidation sites excluding steroid dienone is 1. The average molecular weight is 241 g/mol. The molecule has 4 nitrogen and oxygen atoms in total. The minimum Gasteiger partial charge on any atom is -0.480 e. The molecule has 1 atom stereocenters. The number of amides is 1. The monoisotopic (exact) mass is 241 g/mol. The van der Waals surface area contributed by atoms with Crippen LogP contribution < -0.4 is 5.32 Å². The van der Waals surface area contributed by atoms with Crippen LogP contribution in [0.4, 0.5) is 0 Å². The number of aliphatic carboxylic acids is 1. The molecule has 0 saturated heterocycles. The highest BCUT2D eigenvalue weighted by Gasteiger charge is 2.19. The lowest BCUT2D eigenvalue weighted by Gasteiger charge is -2.16. The lowest BCUT2D eigenvalue weighted by Crippen LogP contribution is -2.41. The third-order valence-electron chi connectivity index (χ3n) is 2.87. The molecule has 1 amide bonds. The normalized spacial score (nSPS) is 12.9. The van der Waals surface area contributed by atoms with Gasteiger partial charge in [0.2, 0.25) is 5.91 Å². The summed E-state index contributed by atoms with van der Waals surface area (Å²) in [6.07, 6.45) is 6.15. The Bertz CT molecular complexity index is 270. The second kappa shape index (κ2) is 8.79. The van der Waals surface area contributed by atoms with Crippen LogP contribution in [0.3, 0.4) is 0 Å². The minimum atomic E-state index is -0.985. The Kier molecular flexibility index (Phi) is 8.11. The molecule has 0 fully saturated rings. The molecule has 0 aromatic rings. The maximum absolute atomic E-state index is 11.7. The van der Waals surface area contributed by atoms with Crippen LogP contribution in [-0.4, -0.2) is 23.0 Å². The van der Waals surface area contributed by atoms with E-state index in [1.165, 1.54) is 0 Å². The second-order valence-electron chi connectivity index (χ2n) is 4.15. The van der Waals surface area contributed by atoms with Crippen molar-refractivity contribution in [1.29, 1.82) is 0 Å². The summed E-state index contributed by atoms with van der Waals surface area (Å²) in [5.41, 5.74) is 0. The van der Waals surface area contributed by atoms with Gasteiger partial charge in [0, 0.05) is 6.42 Å². The van der Waals surface area contributed by atoms with Gasteiger partial charge in [0.25, 0.3) is 0 Å². The van der Waals surface area contributed by atoms with Crippen molar-refractivity contribution in [3.63, 3.8) is 0 Å². The van der Waals surface area contributed by atoms with Crippen molar-refractivity contribution in [1.82, 2.24) is 5.32 Å². The number of hydrogen-bond donors (Lipinski definition) is 2. The Morgan fingerprint density at radius 2 is 1.88 bits per heavy atom. The first-order valence-electron chi connectivity index (χ1n) is 6.18. The summed E-state index contributed by atoms with van der Waals surface area (Å²) in [6.45, 7) is 5.90. The highest BCUT2D eigenvalue weighted by molar-refractivity contribution is 5.83. The minimum absolute atomic E-state index is 0.171. The molecular formula is C13H23NO3. The van der Waals surface area contributed by atoms with E-state index in [2.05, 4.69) is 5.32 Å². The standard InChI is InChI=1S/C13H23NO3/c1-4-7-8-11(13(16)17)14-12(15)9-10(5-2)6-3/h4,7,10-11H,5-6,8-9H2,1-3H3,(H,14,15)(H,16,17)/b7-4+. The van der Waals surface area contributed by atoms with Crippen molar-refractivity contribution in [3.8, 4) is 0 Å². The maximum Gasteiger partial charge on any atom is 0.326 e. The summed E-state index contributed by atoms with van der Waals surface area (Å²) in [6, 6.07) is -0.812. The Morgan fingerprint density at radius 1 is 1.29 bits per heavy atom. The number of carbonyl (C=O) groups is 2. The molecule has 0 aromatic carbocycles. The van der Waals surface area contributed by atoms with E-state index in [1.807, 2.05) is 20.8 Å². The Labute approximate surface area is 103 Å². The molecule has 0 saturated carbocycles. The average Bonchev–Trinajstić information content (AvgIpc) is 2.30. The molecule has 0 aliphatic heterocycles. The molecule has 1 unspecified atom stereocenters. The van der Waals surface area contributed by atoms with Gasteiger partial charge >= 0.3 is 5.97 Å². The van der Waals surface area contributed by atoms with Gasteiger partial charge in [-0.1, -0.05) is 38.8 Å². The van der Waals surface area contributed by atoms with Crippen LogP contribution in [0.15, 0.2) is 12.2 Å². The van der Waals surface area contributed by atoms with Crippen molar-refractivity contribution in [2.24, 2.45) is 5.92 Å². The van der Waals surface area contributed by atoms with Gasteiger partial charge in [-0.05, 0) is 19.3 Å². The van der Waals surface area contributed by atoms with E-state index in [-0.39, 0.29) is 5.91 Å². The number of carboxylic acid groups (broad SMARTS) is 1. The number of hydrogen-bond acceptors (Lipinski definition) is 2. The SMILES string of the molecule is C/C=C/CC(NC(=O)CC(CC)CC)C(=O)O. The molecule has 0 aliphatic rings. The van der Waals surface area contributed by atoms with Gasteiger partial charge < -0.3 is 10.4 Å². The summed E-state index contributed by atoms with van der Waals surface area (Å²) in [5.74, 6) is -0.817. The predicted molar refractivity (Wildman–Crippen MR) is 67.7 cm³/mol. The second-order valence-corrected chi connectivity index (χ2v) is 4.15. The third-order valence-corrected chi connectivity index (χ3v) is 2.87. The molecule has 0 heterocycles. The van der Waals surface area contributed by atoms with Crippen molar-refractivity contribution < 1.29 is 14.7 Å². The molecule has 0 bridgehead atoms. The first-order chi connectivity index (χ1) is 8.04. The first-order valence-corrected chi connectivity index (χ1v) is 6.18. The van der Waals surface area contributed by atoms with Crippen LogP contribution >= 0.6 is 0 Å². The zero-order valence-corrected chi connectivity index (χ0v) is 10.9. The van der Waals surface area contributed by atoms with Crippen LogP contribution in [0, 0.1) is 5.92 Å². The molecule has 2 N–H and O–H groups in total. The smallest absolute Gasteiger partial charge is 0.326 e. The molecule has 0 aliphatic carbocycles. The Hall–Kier alpha value is -1.32. The first kappa shape index (κ1) is 15.7. The fourth-order valence-corrected chi connectivity index (χ4v) is 1.59. The summed E-state index contributed by atoms with van der Waals surface area (Å²) < 4.78 is 0. The molecule has 98 valence electrons. The highest BCUT2D eigenvalue weighted by atomic mass is 16.4. The van der Waals surface area contributed by atoms with Gasteiger partial charge in [0.05, 0.1) is 0 Å². The number of rotatable bonds is 8. The predicted octanol–water partition coefficient (Wildman–Crippen LogP) is 2.35. The molecule has 4 heteroatoms. The lowest BCUT2D eigenvalue weighted by atomic mass is 9.99. The van der Waals surface area contributed by atoms with Gasteiger partial charge in [0.15, 0.2) is 0 Å². The van der Waals surface area contributed by atoms with Crippen LogP contribution in [0.1, 0.15) is 46.5 Å². The Morgan fingerprint density at radius 3 is 2.29 bits per heavy atom. The van der Waals surface area contributed by atoms with Crippen molar-refractivity contribution >= 4 is 11.9 Å². The molecule has 17 heavy (non-hydrogen) atoms. The number of nitrogens with one attached hydrogen (secondary N) is 1. The summed E-state index contributed by atoms with van der Waals surface area (Å²) in [5, 5.41) is 11.5. The zero-order valence-electron chi connectivity index (χ0n) is 10.9. The fourth-order valence-electron chi connectivity index (χ4n) is 1.59. The van der Waals surface area contributed by atoms with Gasteiger partial charge in [-0.2, -0.15) is 0 Å². The van der Waals surface area contributed by atoms with E-state index >= 15 is 0 Å². The zero-order chi connectivity index (χ0) is 13.3. The van der Waals surface area contributed by atoms with Crippen molar-refractivity contribution in [2.45, 2.75) is 52.5 Å². The van der Waals surface area contributed by atoms with Crippen LogP contribution in [-0.2, 0) is 9.59 Å². The summed E-state index contributed by atoms with van der Waals surface area (Å²) >= 11 is 0. The van der Waals surface area contributed by atoms with E-state index < -0.39 is 12.0 Å². The Balaban J connectivity index is 4.25. The van der Waals surface area contributed by atoms with E-state index in [1.54, 1.807) is 12.2 Å². The lowest BCUT2D eigenvalue weighted by molar-refractivity contribution is -0.141. The van der Waals surface area contributed by atoms with Gasteiger partial charge in [-0.25, -0.2) is 4.79 Å². The van der Waals surface area contributed by atoms with Crippen molar-refractivity contribution in [2.75, 3.05) is 0 Å². The molecule has 0 radical (unpaired) electrons. The van der Waals surface area contributed by atoms with E-state index in [0.717, 1.165) is 12.8 Å². The van der Waals surface area contributed by atoms with Gasteiger partial charge in [0.1, 0.15) is 6.04 Å². The summed E-state index contributed by atoms with van der Waals surface area (Å²) in [4.78, 5) is 22.6. The van der Waals surface area contributed by atoms with E-state index in [4.69, 9.17) is 5.11 Å². The molecule has 0 spiro atoms. The molecular weight excluding hydrogens is 218 g/mol. The maximum atomic E-state index is 11.7. The summed E-state index contributed by atoms with van der Waals surface area (Å²) in [7, 11) is 0. The number of carboxylic acids is 1. The fraction of sp³-hybridized carbons (Fsp3) is 0.692. The van der Waals surface area contributed by atoms with Gasteiger partial charge in [-0.3, -0.25) is 4.79 Å². The van der Waals surface area contributed by atoms with Crippen LogP contribution in [0.2, 0.25) is 0 Å². The largest absolute Gasteiger partial charge is 0.480 e. The number of carbonyl (C=O) groups excluding carboxylic acids is 1.